The van der Waals surface area contributed by atoms with Gasteiger partial charge in [-0.05, 0) is 50.2 Å². The number of halogens is 1. The number of hydrogen-bond donors (Lipinski definition) is 0. The van der Waals surface area contributed by atoms with Gasteiger partial charge in [0.05, 0.1) is 30.3 Å². The Morgan fingerprint density at radius 1 is 1.17 bits per heavy atom. The van der Waals surface area contributed by atoms with Gasteiger partial charge in [-0.3, -0.25) is 14.6 Å². The summed E-state index contributed by atoms with van der Waals surface area (Å²) >= 11 is 6.44. The molecule has 2 fully saturated rings. The number of piperidine rings is 1. The van der Waals surface area contributed by atoms with E-state index >= 15 is 0 Å². The molecule has 0 bridgehead atoms. The number of carbonyl (C=O) groups is 2. The standard InChI is InChI=1S/C22H28ClN5O2/c23-22-20(16-28(25-22)18-5-4-10-24-13-18)27(14-17-6-7-17)15-19(29)8-9-21(30)26-11-2-1-3-12-26/h4-5,10,13,16-17H,1-3,6-9,11-12,14-15H2. The Morgan fingerprint density at radius 3 is 2.67 bits per heavy atom. The molecule has 0 N–H and O–H groups in total. The van der Waals surface area contributed by atoms with Crippen LogP contribution in [0.3, 0.4) is 0 Å². The molecule has 30 heavy (non-hydrogen) atoms. The molecule has 0 aromatic carbocycles. The fourth-order valence-corrected chi connectivity index (χ4v) is 4.13. The summed E-state index contributed by atoms with van der Waals surface area (Å²) in [4.78, 5) is 33.1. The molecule has 1 saturated heterocycles. The van der Waals surface area contributed by atoms with E-state index < -0.39 is 0 Å². The number of anilines is 1. The quantitative estimate of drug-likeness (QED) is 0.610. The number of Topliss-reactive ketones (excluding diaryl/α,β-unsaturated/α-hetero) is 1. The van der Waals surface area contributed by atoms with Gasteiger partial charge in [-0.2, -0.15) is 5.10 Å². The van der Waals surface area contributed by atoms with Crippen molar-refractivity contribution < 1.29 is 9.59 Å². The number of pyridine rings is 1. The molecule has 2 aromatic heterocycles. The second-order valence-electron chi connectivity index (χ2n) is 8.26. The van der Waals surface area contributed by atoms with Gasteiger partial charge in [0.1, 0.15) is 0 Å². The number of ketones is 1. The van der Waals surface area contributed by atoms with Gasteiger partial charge in [0, 0.05) is 38.7 Å². The molecule has 1 saturated carbocycles. The van der Waals surface area contributed by atoms with E-state index in [9.17, 15) is 9.59 Å². The Morgan fingerprint density at radius 2 is 1.97 bits per heavy atom. The molecule has 0 spiro atoms. The van der Waals surface area contributed by atoms with Crippen LogP contribution < -0.4 is 4.90 Å². The van der Waals surface area contributed by atoms with E-state index in [0.29, 0.717) is 17.5 Å². The van der Waals surface area contributed by atoms with Crippen LogP contribution in [0.5, 0.6) is 0 Å². The van der Waals surface area contributed by atoms with Crippen LogP contribution in [0.15, 0.2) is 30.7 Å². The lowest BCUT2D eigenvalue weighted by molar-refractivity contribution is -0.133. The SMILES string of the molecule is O=C(CCC(=O)N1CCCCC1)CN(CC1CC1)c1cn(-c2cccnc2)nc1Cl. The first-order chi connectivity index (χ1) is 14.6. The van der Waals surface area contributed by atoms with E-state index in [1.54, 1.807) is 17.1 Å². The first kappa shape index (κ1) is 20.8. The van der Waals surface area contributed by atoms with Crippen molar-refractivity contribution in [1.82, 2.24) is 19.7 Å². The predicted octanol–water partition coefficient (Wildman–Crippen LogP) is 3.50. The number of amides is 1. The molecule has 7 nitrogen and oxygen atoms in total. The molecule has 4 rings (SSSR count). The second kappa shape index (κ2) is 9.60. The van der Waals surface area contributed by atoms with Crippen LogP contribution in [0.4, 0.5) is 5.69 Å². The van der Waals surface area contributed by atoms with Gasteiger partial charge in [-0.25, -0.2) is 4.68 Å². The van der Waals surface area contributed by atoms with Crippen molar-refractivity contribution in [3.8, 4) is 5.69 Å². The third-order valence-corrected chi connectivity index (χ3v) is 6.04. The van der Waals surface area contributed by atoms with E-state index in [4.69, 9.17) is 11.6 Å². The molecule has 8 heteroatoms. The van der Waals surface area contributed by atoms with Crippen molar-refractivity contribution in [2.24, 2.45) is 5.92 Å². The highest BCUT2D eigenvalue weighted by atomic mass is 35.5. The summed E-state index contributed by atoms with van der Waals surface area (Å²) < 4.78 is 1.69. The molecule has 2 aromatic rings. The molecular formula is C22H28ClN5O2. The third-order valence-electron chi connectivity index (χ3n) is 5.77. The third kappa shape index (κ3) is 5.39. The molecule has 3 heterocycles. The van der Waals surface area contributed by atoms with Crippen molar-refractivity contribution in [2.75, 3.05) is 31.1 Å². The van der Waals surface area contributed by atoms with Crippen molar-refractivity contribution in [3.05, 3.63) is 35.9 Å². The van der Waals surface area contributed by atoms with Crippen LogP contribution >= 0.6 is 11.6 Å². The molecule has 1 aliphatic carbocycles. The number of hydrogen-bond acceptors (Lipinski definition) is 5. The first-order valence-corrected chi connectivity index (χ1v) is 11.2. The number of carbonyl (C=O) groups excluding carboxylic acids is 2. The maximum absolute atomic E-state index is 12.7. The fourth-order valence-electron chi connectivity index (χ4n) is 3.88. The van der Waals surface area contributed by atoms with Crippen LogP contribution in [0.1, 0.15) is 44.9 Å². The van der Waals surface area contributed by atoms with Crippen LogP contribution in [-0.4, -0.2) is 57.5 Å². The number of likely N-dealkylation sites (tertiary alicyclic amines) is 1. The van der Waals surface area contributed by atoms with E-state index in [1.165, 1.54) is 19.3 Å². The van der Waals surface area contributed by atoms with Crippen LogP contribution in [0.2, 0.25) is 5.15 Å². The molecule has 2 aliphatic rings. The van der Waals surface area contributed by atoms with Gasteiger partial charge in [0.15, 0.2) is 10.9 Å². The zero-order chi connectivity index (χ0) is 20.9. The molecule has 0 unspecified atom stereocenters. The Bertz CT molecular complexity index is 875. The normalized spacial score (nSPS) is 16.5. The lowest BCUT2D eigenvalue weighted by atomic mass is 10.1. The van der Waals surface area contributed by atoms with E-state index in [-0.39, 0.29) is 24.7 Å². The van der Waals surface area contributed by atoms with E-state index in [2.05, 4.69) is 10.1 Å². The molecular weight excluding hydrogens is 402 g/mol. The number of aromatic nitrogens is 3. The summed E-state index contributed by atoms with van der Waals surface area (Å²) in [6.45, 7) is 2.68. The summed E-state index contributed by atoms with van der Waals surface area (Å²) in [6, 6.07) is 3.75. The van der Waals surface area contributed by atoms with Gasteiger partial charge in [-0.1, -0.05) is 11.6 Å². The summed E-state index contributed by atoms with van der Waals surface area (Å²) in [5, 5.41) is 4.77. The largest absolute Gasteiger partial charge is 0.360 e. The van der Waals surface area contributed by atoms with Crippen molar-refractivity contribution in [1.29, 1.82) is 0 Å². The van der Waals surface area contributed by atoms with Gasteiger partial charge in [0.25, 0.3) is 0 Å². The zero-order valence-corrected chi connectivity index (χ0v) is 17.9. The van der Waals surface area contributed by atoms with Crippen molar-refractivity contribution in [2.45, 2.75) is 44.9 Å². The monoisotopic (exact) mass is 429 g/mol. The Balaban J connectivity index is 1.39. The average molecular weight is 430 g/mol. The zero-order valence-electron chi connectivity index (χ0n) is 17.2. The van der Waals surface area contributed by atoms with Crippen LogP contribution in [0.25, 0.3) is 5.69 Å². The number of nitrogens with zero attached hydrogens (tertiary/aromatic N) is 5. The highest BCUT2D eigenvalue weighted by Gasteiger charge is 2.28. The smallest absolute Gasteiger partial charge is 0.223 e. The van der Waals surface area contributed by atoms with Gasteiger partial charge in [0.2, 0.25) is 5.91 Å². The van der Waals surface area contributed by atoms with Gasteiger partial charge in [-0.15, -0.1) is 0 Å². The molecule has 1 amide bonds. The maximum atomic E-state index is 12.7. The van der Waals surface area contributed by atoms with E-state index in [0.717, 1.165) is 43.9 Å². The molecule has 1 aliphatic heterocycles. The average Bonchev–Trinajstić information content (AvgIpc) is 3.51. The van der Waals surface area contributed by atoms with Crippen molar-refractivity contribution in [3.63, 3.8) is 0 Å². The fraction of sp³-hybridized carbons (Fsp3) is 0.545. The van der Waals surface area contributed by atoms with Crippen molar-refractivity contribution >= 4 is 29.0 Å². The summed E-state index contributed by atoms with van der Waals surface area (Å²) in [5.74, 6) is 0.746. The summed E-state index contributed by atoms with van der Waals surface area (Å²) in [7, 11) is 0. The topological polar surface area (TPSA) is 71.3 Å². The highest BCUT2D eigenvalue weighted by Crippen LogP contribution is 2.34. The summed E-state index contributed by atoms with van der Waals surface area (Å²) in [5.41, 5.74) is 1.57. The van der Waals surface area contributed by atoms with Gasteiger partial charge < -0.3 is 9.80 Å². The van der Waals surface area contributed by atoms with Crippen LogP contribution in [0, 0.1) is 5.92 Å². The molecule has 160 valence electrons. The molecule has 0 radical (unpaired) electrons. The predicted molar refractivity (Wildman–Crippen MR) is 116 cm³/mol. The van der Waals surface area contributed by atoms with E-state index in [1.807, 2.05) is 28.1 Å². The minimum atomic E-state index is 0.0613. The highest BCUT2D eigenvalue weighted by molar-refractivity contribution is 6.32. The van der Waals surface area contributed by atoms with Crippen LogP contribution in [-0.2, 0) is 9.59 Å². The minimum absolute atomic E-state index is 0.0613. The second-order valence-corrected chi connectivity index (χ2v) is 8.62. The first-order valence-electron chi connectivity index (χ1n) is 10.8. The lowest BCUT2D eigenvalue weighted by Crippen LogP contribution is -2.36. The Hall–Kier alpha value is -2.41. The molecule has 0 atom stereocenters. The maximum Gasteiger partial charge on any atom is 0.223 e. The Labute approximate surface area is 182 Å². The minimum Gasteiger partial charge on any atom is -0.360 e. The summed E-state index contributed by atoms with van der Waals surface area (Å²) in [6.07, 6.45) is 11.5. The lowest BCUT2D eigenvalue weighted by Gasteiger charge is -2.27. The number of rotatable bonds is 9. The Kier molecular flexibility index (Phi) is 6.67. The van der Waals surface area contributed by atoms with Gasteiger partial charge >= 0.3 is 0 Å².